The molecule has 5 N–H and O–H groups in total. The van der Waals surface area contributed by atoms with E-state index in [9.17, 15) is 19.3 Å². The third kappa shape index (κ3) is 7.12. The van der Waals surface area contributed by atoms with E-state index in [0.717, 1.165) is 0 Å². The van der Waals surface area contributed by atoms with Gasteiger partial charge in [0, 0.05) is 12.0 Å². The molecule has 1 aromatic rings. The van der Waals surface area contributed by atoms with Crippen molar-refractivity contribution in [2.45, 2.75) is 38.8 Å². The number of ether oxygens (including phenoxy) is 1. The maximum Gasteiger partial charge on any atom is 0.619 e. The van der Waals surface area contributed by atoms with Gasteiger partial charge >= 0.3 is 20.1 Å². The molecule has 31 heavy (non-hydrogen) atoms. The van der Waals surface area contributed by atoms with E-state index in [2.05, 4.69) is 10.1 Å². The smallest absolute Gasteiger partial charge is 0.480 e. The summed E-state index contributed by atoms with van der Waals surface area (Å²) in [6.07, 6.45) is -0.950. The Hall–Kier alpha value is -2.30. The fourth-order valence-corrected chi connectivity index (χ4v) is 4.41. The van der Waals surface area contributed by atoms with Gasteiger partial charge in [0.2, 0.25) is 0 Å². The van der Waals surface area contributed by atoms with Gasteiger partial charge in [0.1, 0.15) is 12.6 Å². The fourth-order valence-electron chi connectivity index (χ4n) is 2.72. The van der Waals surface area contributed by atoms with Gasteiger partial charge in [-0.2, -0.15) is 4.89 Å². The van der Waals surface area contributed by atoms with Crippen molar-refractivity contribution < 1.29 is 42.7 Å². The van der Waals surface area contributed by atoms with Crippen molar-refractivity contribution in [3.8, 4) is 5.75 Å². The predicted molar refractivity (Wildman–Crippen MR) is 110 cm³/mol. The van der Waals surface area contributed by atoms with Crippen molar-refractivity contribution in [2.24, 2.45) is 11.1 Å². The third-order valence-corrected chi connectivity index (χ3v) is 5.93. The Morgan fingerprint density at radius 1 is 1.32 bits per heavy atom. The van der Waals surface area contributed by atoms with Crippen molar-refractivity contribution in [2.75, 3.05) is 20.3 Å². The van der Waals surface area contributed by atoms with Crippen LogP contribution in [0.1, 0.15) is 25.8 Å². The molecule has 172 valence electrons. The van der Waals surface area contributed by atoms with Gasteiger partial charge in [0.15, 0.2) is 11.9 Å². The number of aliphatic carboxylic acids is 1. The van der Waals surface area contributed by atoms with Crippen molar-refractivity contribution >= 4 is 26.0 Å². The minimum Gasteiger partial charge on any atom is -0.480 e. The topological polar surface area (TPSA) is 167 Å². The zero-order valence-corrected chi connectivity index (χ0v) is 18.5. The molecular formula is C19H28N2O9P+. The maximum absolute atomic E-state index is 12.6. The SMILES string of the molecule is COC(=O)CCNC(=O)[C@@H]1O[P+](O)(Oc2ccc(CC(N)C(=O)O)cc2)OCC1(C)C. The van der Waals surface area contributed by atoms with E-state index in [4.69, 9.17) is 24.4 Å². The summed E-state index contributed by atoms with van der Waals surface area (Å²) < 4.78 is 21.0. The van der Waals surface area contributed by atoms with Gasteiger partial charge in [-0.05, 0) is 24.1 Å². The highest BCUT2D eigenvalue weighted by atomic mass is 31.2. The molecule has 1 aromatic carbocycles. The van der Waals surface area contributed by atoms with Crippen molar-refractivity contribution in [1.82, 2.24) is 5.32 Å². The third-order valence-electron chi connectivity index (χ3n) is 4.56. The summed E-state index contributed by atoms with van der Waals surface area (Å²) in [5.41, 5.74) is 5.42. The molecule has 1 amide bonds. The summed E-state index contributed by atoms with van der Waals surface area (Å²) in [6, 6.07) is 5.21. The highest BCUT2D eigenvalue weighted by Crippen LogP contribution is 2.63. The first-order valence-corrected chi connectivity index (χ1v) is 11.0. The Labute approximate surface area is 180 Å². The second kappa shape index (κ2) is 10.3. The van der Waals surface area contributed by atoms with Crippen LogP contribution in [-0.4, -0.2) is 60.3 Å². The monoisotopic (exact) mass is 459 g/mol. The van der Waals surface area contributed by atoms with Crippen LogP contribution in [0.3, 0.4) is 0 Å². The normalized spacial score (nSPS) is 23.5. The largest absolute Gasteiger partial charge is 0.619 e. The molecule has 0 saturated carbocycles. The molecule has 11 nitrogen and oxygen atoms in total. The molecule has 0 radical (unpaired) electrons. The molecule has 0 spiro atoms. The van der Waals surface area contributed by atoms with Crippen LogP contribution < -0.4 is 15.6 Å². The number of hydrogen-bond acceptors (Lipinski definition) is 9. The number of carbonyl (C=O) groups excluding carboxylic acids is 2. The number of nitrogens with two attached hydrogens (primary N) is 1. The Balaban J connectivity index is 2.02. The molecule has 2 rings (SSSR count). The van der Waals surface area contributed by atoms with Gasteiger partial charge in [0.05, 0.1) is 13.5 Å². The average Bonchev–Trinajstić information content (AvgIpc) is 2.71. The molecule has 2 unspecified atom stereocenters. The van der Waals surface area contributed by atoms with Crippen LogP contribution in [0.2, 0.25) is 0 Å². The highest BCUT2D eigenvalue weighted by molar-refractivity contribution is 7.56. The number of carboxylic acid groups (broad SMARTS) is 1. The van der Waals surface area contributed by atoms with Crippen LogP contribution in [0.25, 0.3) is 0 Å². The van der Waals surface area contributed by atoms with Crippen LogP contribution in [0.5, 0.6) is 5.75 Å². The molecule has 1 fully saturated rings. The van der Waals surface area contributed by atoms with Gasteiger partial charge in [-0.3, -0.25) is 18.9 Å². The first-order valence-electron chi connectivity index (χ1n) is 9.52. The lowest BCUT2D eigenvalue weighted by molar-refractivity contribution is -0.143. The Kier molecular flexibility index (Phi) is 8.33. The molecule has 0 aromatic heterocycles. The second-order valence-electron chi connectivity index (χ2n) is 7.72. The van der Waals surface area contributed by atoms with E-state index in [1.807, 2.05) is 0 Å². The number of amides is 1. The quantitative estimate of drug-likeness (QED) is 0.306. The Morgan fingerprint density at radius 2 is 1.97 bits per heavy atom. The summed E-state index contributed by atoms with van der Waals surface area (Å²) in [5.74, 6) is -1.87. The van der Waals surface area contributed by atoms with Gasteiger partial charge in [-0.25, -0.2) is 0 Å². The summed E-state index contributed by atoms with van der Waals surface area (Å²) in [5, 5.41) is 11.5. The van der Waals surface area contributed by atoms with Crippen molar-refractivity contribution in [3.63, 3.8) is 0 Å². The summed E-state index contributed by atoms with van der Waals surface area (Å²) in [7, 11) is -2.61. The lowest BCUT2D eigenvalue weighted by atomic mass is 9.87. The van der Waals surface area contributed by atoms with Crippen LogP contribution >= 0.6 is 8.17 Å². The predicted octanol–water partition coefficient (Wildman–Crippen LogP) is 0.811. The van der Waals surface area contributed by atoms with Gasteiger partial charge < -0.3 is 20.9 Å². The van der Waals surface area contributed by atoms with E-state index in [1.165, 1.54) is 19.2 Å². The van der Waals surface area contributed by atoms with Gasteiger partial charge in [-0.15, -0.1) is 9.05 Å². The van der Waals surface area contributed by atoms with Crippen LogP contribution in [-0.2, 0) is 34.6 Å². The highest BCUT2D eigenvalue weighted by Gasteiger charge is 2.60. The van der Waals surface area contributed by atoms with E-state index in [0.29, 0.717) is 5.56 Å². The Bertz CT molecular complexity index is 802. The minimum atomic E-state index is -3.86. The van der Waals surface area contributed by atoms with Gasteiger partial charge in [0.25, 0.3) is 5.91 Å². The number of rotatable bonds is 9. The number of esters is 1. The number of carbonyl (C=O) groups is 3. The number of carboxylic acids is 1. The number of benzene rings is 1. The number of hydrogen-bond donors (Lipinski definition) is 4. The van der Waals surface area contributed by atoms with Crippen molar-refractivity contribution in [1.29, 1.82) is 0 Å². The van der Waals surface area contributed by atoms with Crippen molar-refractivity contribution in [3.05, 3.63) is 29.8 Å². The molecule has 1 heterocycles. The number of nitrogens with one attached hydrogen (secondary N) is 1. The molecular weight excluding hydrogens is 431 g/mol. The summed E-state index contributed by atoms with van der Waals surface area (Å²) in [4.78, 5) is 45.3. The molecule has 12 heteroatoms. The zero-order chi connectivity index (χ0) is 23.2. The minimum absolute atomic E-state index is 0.000314. The van der Waals surface area contributed by atoms with E-state index < -0.39 is 43.6 Å². The van der Waals surface area contributed by atoms with Crippen LogP contribution in [0, 0.1) is 5.41 Å². The molecule has 0 bridgehead atoms. The fraction of sp³-hybridized carbons (Fsp3) is 0.526. The van der Waals surface area contributed by atoms with E-state index in [1.54, 1.807) is 26.0 Å². The molecule has 1 aliphatic rings. The zero-order valence-electron chi connectivity index (χ0n) is 17.6. The van der Waals surface area contributed by atoms with Gasteiger partial charge in [-0.1, -0.05) is 26.0 Å². The lowest BCUT2D eigenvalue weighted by Crippen LogP contribution is -2.51. The first-order chi connectivity index (χ1) is 14.5. The molecule has 0 aliphatic carbocycles. The standard InChI is InChI=1S/C19H27N2O9P/c1-19(2)11-28-31(26,30-16(19)17(23)21-9-8-15(22)27-3)29-13-6-4-12(5-7-13)10-14(20)18(24)25/h4-7,14,16,26H,8-11,20H2,1-3H3,(H-,21,23,24,25)/p+1/t14?,16-,31?/m0/s1. The molecule has 1 saturated heterocycles. The number of methoxy groups -OCH3 is 1. The second-order valence-corrected chi connectivity index (χ2v) is 9.31. The first kappa shape index (κ1) is 25.0. The molecule has 1 aliphatic heterocycles. The average molecular weight is 459 g/mol. The van der Waals surface area contributed by atoms with E-state index >= 15 is 0 Å². The van der Waals surface area contributed by atoms with Crippen LogP contribution in [0.15, 0.2) is 24.3 Å². The molecule has 3 atom stereocenters. The summed E-state index contributed by atoms with van der Waals surface area (Å²) >= 11 is 0. The van der Waals surface area contributed by atoms with E-state index in [-0.39, 0.29) is 31.7 Å². The Morgan fingerprint density at radius 3 is 2.55 bits per heavy atom. The van der Waals surface area contributed by atoms with Crippen LogP contribution in [0.4, 0.5) is 0 Å². The maximum atomic E-state index is 12.6. The summed E-state index contributed by atoms with van der Waals surface area (Å²) in [6.45, 7) is 3.53. The lowest BCUT2D eigenvalue weighted by Gasteiger charge is -2.36.